The van der Waals surface area contributed by atoms with Crippen molar-refractivity contribution in [3.63, 3.8) is 0 Å². The highest BCUT2D eigenvalue weighted by atomic mass is 32.2. The van der Waals surface area contributed by atoms with Gasteiger partial charge in [-0.1, -0.05) is 19.3 Å². The first-order chi connectivity index (χ1) is 7.58. The summed E-state index contributed by atoms with van der Waals surface area (Å²) < 4.78 is 27.4. The molecule has 4 nitrogen and oxygen atoms in total. The monoisotopic (exact) mass is 249 g/mol. The first-order valence-electron chi connectivity index (χ1n) is 6.08. The van der Waals surface area contributed by atoms with Crippen molar-refractivity contribution in [3.8, 4) is 0 Å². The van der Waals surface area contributed by atoms with E-state index in [2.05, 4.69) is 5.32 Å². The summed E-state index contributed by atoms with van der Waals surface area (Å²) in [6.45, 7) is 1.95. The fraction of sp³-hybridized carbons (Fsp3) is 1.00. The summed E-state index contributed by atoms with van der Waals surface area (Å²) >= 11 is 0. The molecule has 0 aliphatic heterocycles. The van der Waals surface area contributed by atoms with Gasteiger partial charge in [-0.05, 0) is 12.8 Å². The average molecular weight is 249 g/mol. The van der Waals surface area contributed by atoms with E-state index < -0.39 is 9.84 Å². The summed E-state index contributed by atoms with van der Waals surface area (Å²) in [5.74, 6) is 0.205. The molecule has 16 heavy (non-hydrogen) atoms. The van der Waals surface area contributed by atoms with Crippen molar-refractivity contribution in [1.82, 2.24) is 5.32 Å². The maximum Gasteiger partial charge on any atom is 0.148 e. The molecule has 0 spiro atoms. The van der Waals surface area contributed by atoms with Gasteiger partial charge in [-0.15, -0.1) is 0 Å². The molecule has 0 atom stereocenters. The highest BCUT2D eigenvalue weighted by Crippen LogP contribution is 2.19. The number of sulfone groups is 1. The van der Waals surface area contributed by atoms with Gasteiger partial charge in [0.15, 0.2) is 0 Å². The normalized spacial score (nSPS) is 18.8. The van der Waals surface area contributed by atoms with Gasteiger partial charge in [-0.25, -0.2) is 8.42 Å². The van der Waals surface area contributed by atoms with E-state index in [1.165, 1.54) is 38.4 Å². The van der Waals surface area contributed by atoms with Crippen molar-refractivity contribution < 1.29 is 13.2 Å². The number of rotatable bonds is 7. The Hall–Kier alpha value is -0.130. The molecule has 1 saturated carbocycles. The molecule has 0 radical (unpaired) electrons. The van der Waals surface area contributed by atoms with Crippen molar-refractivity contribution >= 4 is 9.84 Å². The molecule has 0 bridgehead atoms. The fourth-order valence-electron chi connectivity index (χ4n) is 1.91. The molecule has 1 rings (SSSR count). The van der Waals surface area contributed by atoms with E-state index in [0.717, 1.165) is 6.54 Å². The second-order valence-electron chi connectivity index (χ2n) is 4.51. The molecule has 0 aromatic rings. The third-order valence-corrected chi connectivity index (χ3v) is 3.78. The highest BCUT2D eigenvalue weighted by molar-refractivity contribution is 7.90. The van der Waals surface area contributed by atoms with Crippen molar-refractivity contribution in [2.24, 2.45) is 0 Å². The Morgan fingerprint density at radius 3 is 2.50 bits per heavy atom. The van der Waals surface area contributed by atoms with Crippen LogP contribution in [-0.4, -0.2) is 46.2 Å². The first-order valence-corrected chi connectivity index (χ1v) is 8.14. The minimum atomic E-state index is -2.84. The van der Waals surface area contributed by atoms with Gasteiger partial charge in [0.05, 0.1) is 18.5 Å². The van der Waals surface area contributed by atoms with E-state index in [0.29, 0.717) is 19.3 Å². The molecule has 0 unspecified atom stereocenters. The van der Waals surface area contributed by atoms with Crippen LogP contribution in [0.15, 0.2) is 0 Å². The van der Waals surface area contributed by atoms with E-state index in [9.17, 15) is 8.42 Å². The number of ether oxygens (including phenoxy) is 1. The van der Waals surface area contributed by atoms with Gasteiger partial charge >= 0.3 is 0 Å². The lowest BCUT2D eigenvalue weighted by Crippen LogP contribution is -2.28. The van der Waals surface area contributed by atoms with Gasteiger partial charge in [0, 0.05) is 19.3 Å². The van der Waals surface area contributed by atoms with Gasteiger partial charge in [0.2, 0.25) is 0 Å². The maximum absolute atomic E-state index is 10.8. The molecule has 0 aromatic carbocycles. The summed E-state index contributed by atoms with van der Waals surface area (Å²) in [6.07, 6.45) is 7.97. The Morgan fingerprint density at radius 2 is 1.88 bits per heavy atom. The lowest BCUT2D eigenvalue weighted by Gasteiger charge is -2.21. The number of nitrogens with one attached hydrogen (secondary N) is 1. The van der Waals surface area contributed by atoms with E-state index in [4.69, 9.17) is 4.74 Å². The first kappa shape index (κ1) is 13.9. The smallest absolute Gasteiger partial charge is 0.148 e. The molecule has 1 aliphatic rings. The Kier molecular flexibility index (Phi) is 6.31. The zero-order valence-electron chi connectivity index (χ0n) is 10.1. The summed E-state index contributed by atoms with van der Waals surface area (Å²) in [4.78, 5) is 0. The molecular formula is C11H23NO3S. The SMILES string of the molecule is CS(=O)(=O)CCNCCOC1CCCCC1. The fourth-order valence-corrected chi connectivity index (χ4v) is 2.43. The van der Waals surface area contributed by atoms with Crippen LogP contribution < -0.4 is 5.32 Å². The Labute approximate surface area is 98.7 Å². The Balaban J connectivity index is 1.91. The minimum Gasteiger partial charge on any atom is -0.377 e. The molecule has 1 N–H and O–H groups in total. The van der Waals surface area contributed by atoms with Crippen molar-refractivity contribution in [3.05, 3.63) is 0 Å². The van der Waals surface area contributed by atoms with Crippen LogP contribution in [0.2, 0.25) is 0 Å². The molecule has 0 saturated heterocycles. The van der Waals surface area contributed by atoms with Crippen LogP contribution in [0.1, 0.15) is 32.1 Å². The molecular weight excluding hydrogens is 226 g/mol. The average Bonchev–Trinajstić information content (AvgIpc) is 2.23. The van der Waals surface area contributed by atoms with Crippen LogP contribution in [0, 0.1) is 0 Å². The lowest BCUT2D eigenvalue weighted by atomic mass is 9.98. The molecule has 0 amide bonds. The van der Waals surface area contributed by atoms with Crippen LogP contribution in [0.5, 0.6) is 0 Å². The quantitative estimate of drug-likeness (QED) is 0.683. The lowest BCUT2D eigenvalue weighted by molar-refractivity contribution is 0.0305. The summed E-state index contributed by atoms with van der Waals surface area (Å²) in [6, 6.07) is 0. The van der Waals surface area contributed by atoms with E-state index >= 15 is 0 Å². The Morgan fingerprint density at radius 1 is 1.19 bits per heavy atom. The summed E-state index contributed by atoms with van der Waals surface area (Å²) in [7, 11) is -2.84. The molecule has 0 aromatic heterocycles. The molecule has 1 fully saturated rings. The minimum absolute atomic E-state index is 0.205. The van der Waals surface area contributed by atoms with Crippen LogP contribution >= 0.6 is 0 Å². The van der Waals surface area contributed by atoms with Crippen LogP contribution in [0.4, 0.5) is 0 Å². The molecule has 0 heterocycles. The summed E-state index contributed by atoms with van der Waals surface area (Å²) in [5.41, 5.74) is 0. The van der Waals surface area contributed by atoms with Gasteiger partial charge in [0.25, 0.3) is 0 Å². The predicted octanol–water partition coefficient (Wildman–Crippen LogP) is 0.970. The maximum atomic E-state index is 10.8. The van der Waals surface area contributed by atoms with E-state index in [1.54, 1.807) is 0 Å². The predicted molar refractivity (Wildman–Crippen MR) is 65.4 cm³/mol. The van der Waals surface area contributed by atoms with E-state index in [-0.39, 0.29) is 5.75 Å². The zero-order chi connectivity index (χ0) is 11.9. The largest absolute Gasteiger partial charge is 0.377 e. The second-order valence-corrected chi connectivity index (χ2v) is 6.77. The van der Waals surface area contributed by atoms with E-state index in [1.807, 2.05) is 0 Å². The number of hydrogen-bond donors (Lipinski definition) is 1. The Bertz CT molecular complexity index is 271. The molecule has 5 heteroatoms. The van der Waals surface area contributed by atoms with Crippen molar-refractivity contribution in [2.75, 3.05) is 31.7 Å². The van der Waals surface area contributed by atoms with Gasteiger partial charge < -0.3 is 10.1 Å². The number of hydrogen-bond acceptors (Lipinski definition) is 4. The third kappa shape index (κ3) is 7.19. The molecule has 1 aliphatic carbocycles. The highest BCUT2D eigenvalue weighted by Gasteiger charge is 2.12. The molecule has 96 valence electrons. The topological polar surface area (TPSA) is 55.4 Å². The third-order valence-electron chi connectivity index (χ3n) is 2.83. The van der Waals surface area contributed by atoms with Crippen LogP contribution in [-0.2, 0) is 14.6 Å². The second kappa shape index (κ2) is 7.25. The summed E-state index contributed by atoms with van der Waals surface area (Å²) in [5, 5.41) is 3.08. The van der Waals surface area contributed by atoms with Crippen LogP contribution in [0.25, 0.3) is 0 Å². The van der Waals surface area contributed by atoms with Gasteiger partial charge in [0.1, 0.15) is 9.84 Å². The van der Waals surface area contributed by atoms with Crippen LogP contribution in [0.3, 0.4) is 0 Å². The standard InChI is InChI=1S/C11H23NO3S/c1-16(13,14)10-8-12-7-9-15-11-5-3-2-4-6-11/h11-12H,2-10H2,1H3. The van der Waals surface area contributed by atoms with Crippen molar-refractivity contribution in [2.45, 2.75) is 38.2 Å². The zero-order valence-corrected chi connectivity index (χ0v) is 10.9. The van der Waals surface area contributed by atoms with Gasteiger partial charge in [-0.3, -0.25) is 0 Å². The van der Waals surface area contributed by atoms with Gasteiger partial charge in [-0.2, -0.15) is 0 Å². The van der Waals surface area contributed by atoms with Crippen molar-refractivity contribution in [1.29, 1.82) is 0 Å².